The number of fused-ring (bicyclic) bond motifs is 7. The van der Waals surface area contributed by atoms with Gasteiger partial charge in [0.2, 0.25) is 0 Å². The first-order valence-electron chi connectivity index (χ1n) is 16.0. The Labute approximate surface area is 238 Å². The summed E-state index contributed by atoms with van der Waals surface area (Å²) in [5.74, 6) is 3.64. The molecule has 0 bridgehead atoms. The standard InChI is InChI=1S/C37H54O2/c1-23(2)26-13-18-37(22-38)20-19-35(7)29(32(26)37)11-12-31-34(6)16-14-28(27-10-9-25(39)21-24(27)3)33(4,5)30(34)15-17-36(31,35)8/h9-10,14,21,26,29-32,38-39H,1,11-13,15-20,22H2,2-8H3/t26-,29+,30-,31+,32?,34-,35+,36+,37+/m0/s1. The molecule has 0 saturated heterocycles. The highest BCUT2D eigenvalue weighted by Gasteiger charge is 2.70. The van der Waals surface area contributed by atoms with Gasteiger partial charge in [-0.25, -0.2) is 0 Å². The van der Waals surface area contributed by atoms with Gasteiger partial charge in [0, 0.05) is 6.61 Å². The molecule has 1 unspecified atom stereocenters. The van der Waals surface area contributed by atoms with Crippen LogP contribution >= 0.6 is 0 Å². The zero-order valence-electron chi connectivity index (χ0n) is 25.9. The molecular weight excluding hydrogens is 476 g/mol. The van der Waals surface area contributed by atoms with E-state index in [-0.39, 0.29) is 10.8 Å². The first-order chi connectivity index (χ1) is 18.2. The Morgan fingerprint density at radius 3 is 2.33 bits per heavy atom. The average Bonchev–Trinajstić information content (AvgIpc) is 3.26. The number of aliphatic hydroxyl groups is 1. The average molecular weight is 531 g/mol. The minimum atomic E-state index is 0.100. The minimum Gasteiger partial charge on any atom is -0.508 e. The molecule has 0 heterocycles. The molecule has 0 spiro atoms. The number of hydrogen-bond donors (Lipinski definition) is 2. The Balaban J connectivity index is 1.39. The number of allylic oxidation sites excluding steroid dienone is 3. The maximum absolute atomic E-state index is 10.8. The maximum Gasteiger partial charge on any atom is 0.115 e. The summed E-state index contributed by atoms with van der Waals surface area (Å²) in [6.07, 6.45) is 13.9. The van der Waals surface area contributed by atoms with Crippen LogP contribution in [0.5, 0.6) is 5.75 Å². The third-order valence-electron chi connectivity index (χ3n) is 14.6. The summed E-state index contributed by atoms with van der Waals surface area (Å²) in [7, 11) is 0. The van der Waals surface area contributed by atoms with E-state index in [1.54, 1.807) is 0 Å². The number of hydrogen-bond acceptors (Lipinski definition) is 2. The topological polar surface area (TPSA) is 40.5 Å². The quantitative estimate of drug-likeness (QED) is 0.382. The molecule has 4 saturated carbocycles. The molecular formula is C37H54O2. The molecule has 0 aromatic heterocycles. The van der Waals surface area contributed by atoms with Gasteiger partial charge in [0.1, 0.15) is 5.75 Å². The molecule has 5 aliphatic carbocycles. The number of benzene rings is 1. The van der Waals surface area contributed by atoms with Gasteiger partial charge in [-0.1, -0.05) is 58.9 Å². The molecule has 2 N–H and O–H groups in total. The van der Waals surface area contributed by atoms with Crippen LogP contribution in [0.4, 0.5) is 0 Å². The van der Waals surface area contributed by atoms with E-state index in [1.165, 1.54) is 73.6 Å². The molecule has 0 aliphatic heterocycles. The van der Waals surface area contributed by atoms with E-state index in [4.69, 9.17) is 0 Å². The Hall–Kier alpha value is -1.54. The van der Waals surface area contributed by atoms with Gasteiger partial charge in [0.05, 0.1) is 0 Å². The fourth-order valence-corrected chi connectivity index (χ4v) is 12.6. The highest BCUT2D eigenvalue weighted by molar-refractivity contribution is 5.74. The Morgan fingerprint density at radius 1 is 0.923 bits per heavy atom. The summed E-state index contributed by atoms with van der Waals surface area (Å²) < 4.78 is 0. The molecule has 4 fully saturated rings. The van der Waals surface area contributed by atoms with Gasteiger partial charge >= 0.3 is 0 Å². The normalized spacial score (nSPS) is 46.4. The molecule has 214 valence electrons. The molecule has 1 aromatic rings. The second-order valence-electron chi connectivity index (χ2n) is 16.2. The minimum absolute atomic E-state index is 0.100. The monoisotopic (exact) mass is 530 g/mol. The van der Waals surface area contributed by atoms with Gasteiger partial charge in [0.15, 0.2) is 0 Å². The summed E-state index contributed by atoms with van der Waals surface area (Å²) in [6.45, 7) is 22.3. The lowest BCUT2D eigenvalue weighted by atomic mass is 9.32. The van der Waals surface area contributed by atoms with E-state index in [9.17, 15) is 10.2 Å². The Kier molecular flexibility index (Phi) is 6.18. The molecule has 1 aromatic carbocycles. The largest absolute Gasteiger partial charge is 0.508 e. The van der Waals surface area contributed by atoms with E-state index < -0.39 is 0 Å². The van der Waals surface area contributed by atoms with Crippen LogP contribution in [0.2, 0.25) is 0 Å². The van der Waals surface area contributed by atoms with Crippen molar-refractivity contribution in [3.8, 4) is 5.75 Å². The van der Waals surface area contributed by atoms with Crippen molar-refractivity contribution in [2.75, 3.05) is 6.61 Å². The fraction of sp³-hybridized carbons (Fsp3) is 0.730. The Morgan fingerprint density at radius 2 is 1.67 bits per heavy atom. The van der Waals surface area contributed by atoms with E-state index in [1.807, 2.05) is 12.1 Å². The van der Waals surface area contributed by atoms with Crippen LogP contribution in [0.3, 0.4) is 0 Å². The second-order valence-corrected chi connectivity index (χ2v) is 16.2. The van der Waals surface area contributed by atoms with Crippen molar-refractivity contribution >= 4 is 5.57 Å². The number of phenolic OH excluding ortho intramolecular Hbond substituents is 1. The van der Waals surface area contributed by atoms with Gasteiger partial charge in [-0.3, -0.25) is 0 Å². The smallest absolute Gasteiger partial charge is 0.115 e. The van der Waals surface area contributed by atoms with Crippen LogP contribution < -0.4 is 0 Å². The lowest BCUT2D eigenvalue weighted by Crippen LogP contribution is -2.65. The lowest BCUT2D eigenvalue weighted by Gasteiger charge is -2.72. The summed E-state index contributed by atoms with van der Waals surface area (Å²) in [6, 6.07) is 5.94. The van der Waals surface area contributed by atoms with Crippen LogP contribution in [0, 0.1) is 63.6 Å². The third kappa shape index (κ3) is 3.49. The molecule has 5 aliphatic rings. The number of rotatable bonds is 3. The second kappa shape index (κ2) is 8.73. The lowest BCUT2D eigenvalue weighted by molar-refractivity contribution is -0.228. The summed E-state index contributed by atoms with van der Waals surface area (Å²) in [5, 5.41) is 20.8. The summed E-state index contributed by atoms with van der Waals surface area (Å²) >= 11 is 0. The van der Waals surface area contributed by atoms with Gasteiger partial charge in [-0.05, 0) is 157 Å². The predicted octanol–water partition coefficient (Wildman–Crippen LogP) is 9.34. The van der Waals surface area contributed by atoms with Crippen molar-refractivity contribution in [1.29, 1.82) is 0 Å². The van der Waals surface area contributed by atoms with Crippen molar-refractivity contribution in [3.63, 3.8) is 0 Å². The van der Waals surface area contributed by atoms with E-state index in [2.05, 4.69) is 67.2 Å². The van der Waals surface area contributed by atoms with Crippen LogP contribution in [0.15, 0.2) is 36.4 Å². The fourth-order valence-electron chi connectivity index (χ4n) is 12.6. The molecule has 0 amide bonds. The third-order valence-corrected chi connectivity index (χ3v) is 14.6. The molecule has 9 atom stereocenters. The summed E-state index contributed by atoms with van der Waals surface area (Å²) in [4.78, 5) is 0. The molecule has 39 heavy (non-hydrogen) atoms. The zero-order valence-corrected chi connectivity index (χ0v) is 25.9. The maximum atomic E-state index is 10.8. The SMILES string of the molecule is C=C(C)[C@@H]1CC[C@]2(CO)CC[C@]3(C)[C@H](CC[C@@H]4[C@@]5(C)CC=C(c6ccc(O)cc6C)C(C)(C)[C@@H]5CC[C@]43C)C12. The zero-order chi connectivity index (χ0) is 28.2. The number of phenols is 1. The molecule has 2 heteroatoms. The first kappa shape index (κ1) is 27.6. The van der Waals surface area contributed by atoms with E-state index >= 15 is 0 Å². The molecule has 2 nitrogen and oxygen atoms in total. The number of aromatic hydroxyl groups is 1. The molecule has 6 rings (SSSR count). The first-order valence-corrected chi connectivity index (χ1v) is 16.0. The van der Waals surface area contributed by atoms with Gasteiger partial charge in [-0.2, -0.15) is 0 Å². The van der Waals surface area contributed by atoms with Crippen molar-refractivity contribution in [3.05, 3.63) is 47.6 Å². The van der Waals surface area contributed by atoms with Crippen molar-refractivity contribution in [1.82, 2.24) is 0 Å². The summed E-state index contributed by atoms with van der Waals surface area (Å²) in [5.41, 5.74) is 6.55. The number of aryl methyl sites for hydroxylation is 1. The molecule has 0 radical (unpaired) electrons. The van der Waals surface area contributed by atoms with Crippen molar-refractivity contribution in [2.45, 2.75) is 106 Å². The van der Waals surface area contributed by atoms with Crippen molar-refractivity contribution in [2.24, 2.45) is 56.7 Å². The van der Waals surface area contributed by atoms with E-state index in [0.717, 1.165) is 12.3 Å². The van der Waals surface area contributed by atoms with Gasteiger partial charge < -0.3 is 10.2 Å². The van der Waals surface area contributed by atoms with Crippen molar-refractivity contribution < 1.29 is 10.2 Å². The van der Waals surface area contributed by atoms with Gasteiger partial charge in [-0.15, -0.1) is 0 Å². The number of aliphatic hydroxyl groups excluding tert-OH is 1. The predicted molar refractivity (Wildman–Crippen MR) is 162 cm³/mol. The van der Waals surface area contributed by atoms with Crippen LogP contribution in [0.25, 0.3) is 5.57 Å². The van der Waals surface area contributed by atoms with E-state index in [0.29, 0.717) is 52.3 Å². The highest BCUT2D eigenvalue weighted by atomic mass is 16.3. The Bertz CT molecular complexity index is 1210. The van der Waals surface area contributed by atoms with Crippen LogP contribution in [0.1, 0.15) is 110 Å². The van der Waals surface area contributed by atoms with Crippen LogP contribution in [-0.2, 0) is 0 Å². The highest BCUT2D eigenvalue weighted by Crippen LogP contribution is 2.77. The van der Waals surface area contributed by atoms with Crippen LogP contribution in [-0.4, -0.2) is 16.8 Å². The van der Waals surface area contributed by atoms with Gasteiger partial charge in [0.25, 0.3) is 0 Å².